The summed E-state index contributed by atoms with van der Waals surface area (Å²) < 4.78 is 26.4. The first-order chi connectivity index (χ1) is 11.0. The van der Waals surface area contributed by atoms with Gasteiger partial charge in [0.1, 0.15) is 0 Å². The van der Waals surface area contributed by atoms with Crippen LogP contribution in [0.15, 0.2) is 36.4 Å². The summed E-state index contributed by atoms with van der Waals surface area (Å²) in [6, 6.07) is 8.93. The van der Waals surface area contributed by atoms with Crippen molar-refractivity contribution in [1.82, 2.24) is 9.97 Å². The van der Waals surface area contributed by atoms with Crippen LogP contribution in [-0.4, -0.2) is 22.9 Å². The average Bonchev–Trinajstić information content (AvgIpc) is 2.94. The van der Waals surface area contributed by atoms with Crippen molar-refractivity contribution in [2.24, 2.45) is 0 Å². The molecule has 5 nitrogen and oxygen atoms in total. The molecule has 0 saturated carbocycles. The number of nitrogens with zero attached hydrogens (tertiary/aromatic N) is 2. The number of H-pyrrole nitrogens is 1. The number of benzene rings is 2. The van der Waals surface area contributed by atoms with Gasteiger partial charge in [0, 0.05) is 25.7 Å². The largest absolute Gasteiger partial charge is 0.324 e. The monoisotopic (exact) mass is 316 g/mol. The highest BCUT2D eigenvalue weighted by Crippen LogP contribution is 2.28. The smallest absolute Gasteiger partial charge is 0.221 e. The van der Waals surface area contributed by atoms with E-state index in [4.69, 9.17) is 0 Å². The molecular formula is C16H14F2N4O. The quantitative estimate of drug-likeness (QED) is 0.776. The van der Waals surface area contributed by atoms with Crippen molar-refractivity contribution in [3.63, 3.8) is 0 Å². The SMILES string of the molecule is CC(=O)Nc1cccc2nc(N(C)c3ccc(F)c(F)c3)[nH]c12. The lowest BCUT2D eigenvalue weighted by molar-refractivity contribution is -0.114. The molecule has 0 fully saturated rings. The van der Waals surface area contributed by atoms with Crippen LogP contribution in [0.1, 0.15) is 6.92 Å². The van der Waals surface area contributed by atoms with Gasteiger partial charge in [0.25, 0.3) is 0 Å². The Hall–Kier alpha value is -2.96. The molecule has 0 atom stereocenters. The lowest BCUT2D eigenvalue weighted by Crippen LogP contribution is -2.11. The van der Waals surface area contributed by atoms with Crippen LogP contribution in [-0.2, 0) is 4.79 Å². The van der Waals surface area contributed by atoms with E-state index in [0.29, 0.717) is 28.4 Å². The molecular weight excluding hydrogens is 302 g/mol. The Bertz CT molecular complexity index is 891. The number of fused-ring (bicyclic) bond motifs is 1. The van der Waals surface area contributed by atoms with E-state index >= 15 is 0 Å². The first-order valence-electron chi connectivity index (χ1n) is 6.91. The molecule has 118 valence electrons. The molecule has 2 aromatic carbocycles. The van der Waals surface area contributed by atoms with E-state index in [1.165, 1.54) is 13.0 Å². The minimum absolute atomic E-state index is 0.192. The maximum atomic E-state index is 13.4. The molecule has 1 amide bonds. The number of imidazole rings is 1. The zero-order valence-electron chi connectivity index (χ0n) is 12.5. The highest BCUT2D eigenvalue weighted by molar-refractivity contribution is 5.99. The van der Waals surface area contributed by atoms with Crippen LogP contribution < -0.4 is 10.2 Å². The predicted octanol–water partition coefficient (Wildman–Crippen LogP) is 3.57. The Morgan fingerprint density at radius 1 is 1.22 bits per heavy atom. The van der Waals surface area contributed by atoms with Crippen molar-refractivity contribution >= 4 is 34.3 Å². The molecule has 0 unspecified atom stereocenters. The number of amides is 1. The van der Waals surface area contributed by atoms with Crippen LogP contribution in [0.3, 0.4) is 0 Å². The summed E-state index contributed by atoms with van der Waals surface area (Å²) in [6.45, 7) is 1.42. The van der Waals surface area contributed by atoms with Crippen LogP contribution in [0, 0.1) is 11.6 Å². The third kappa shape index (κ3) is 2.85. The number of aromatic amines is 1. The first kappa shape index (κ1) is 15.0. The maximum Gasteiger partial charge on any atom is 0.221 e. The van der Waals surface area contributed by atoms with Gasteiger partial charge in [-0.15, -0.1) is 0 Å². The summed E-state index contributed by atoms with van der Waals surface area (Å²) in [5, 5.41) is 2.72. The molecule has 0 aliphatic carbocycles. The van der Waals surface area contributed by atoms with Gasteiger partial charge in [-0.3, -0.25) is 4.79 Å². The second-order valence-electron chi connectivity index (χ2n) is 5.10. The standard InChI is InChI=1S/C16H14F2N4O/c1-9(23)19-13-4-3-5-14-15(13)21-16(20-14)22(2)10-6-7-11(17)12(18)8-10/h3-8H,1-2H3,(H,19,23)(H,20,21). The summed E-state index contributed by atoms with van der Waals surface area (Å²) in [6.07, 6.45) is 0. The molecule has 7 heteroatoms. The van der Waals surface area contributed by atoms with E-state index in [1.54, 1.807) is 30.1 Å². The first-order valence-corrected chi connectivity index (χ1v) is 6.91. The van der Waals surface area contributed by atoms with Gasteiger partial charge in [-0.1, -0.05) is 6.07 Å². The van der Waals surface area contributed by atoms with Crippen molar-refractivity contribution in [3.05, 3.63) is 48.0 Å². The van der Waals surface area contributed by atoms with Gasteiger partial charge in [0.2, 0.25) is 11.9 Å². The van der Waals surface area contributed by atoms with E-state index in [0.717, 1.165) is 12.1 Å². The summed E-state index contributed by atoms with van der Waals surface area (Å²) in [7, 11) is 1.68. The fourth-order valence-electron chi connectivity index (χ4n) is 2.29. The minimum atomic E-state index is -0.926. The van der Waals surface area contributed by atoms with Crippen molar-refractivity contribution in [2.75, 3.05) is 17.3 Å². The van der Waals surface area contributed by atoms with E-state index < -0.39 is 11.6 Å². The summed E-state index contributed by atoms with van der Waals surface area (Å²) in [5.74, 6) is -1.57. The number of anilines is 3. The highest BCUT2D eigenvalue weighted by atomic mass is 19.2. The minimum Gasteiger partial charge on any atom is -0.324 e. The fourth-order valence-corrected chi connectivity index (χ4v) is 2.29. The van der Waals surface area contributed by atoms with Crippen molar-refractivity contribution in [3.8, 4) is 0 Å². The molecule has 3 aromatic rings. The van der Waals surface area contributed by atoms with Gasteiger partial charge in [0.05, 0.1) is 16.7 Å². The summed E-state index contributed by atoms with van der Waals surface area (Å²) >= 11 is 0. The molecule has 0 radical (unpaired) electrons. The Morgan fingerprint density at radius 3 is 2.70 bits per heavy atom. The van der Waals surface area contributed by atoms with Crippen molar-refractivity contribution in [2.45, 2.75) is 6.92 Å². The molecule has 0 aliphatic rings. The molecule has 3 rings (SSSR count). The number of hydrogen-bond donors (Lipinski definition) is 2. The Labute approximate surface area is 130 Å². The van der Waals surface area contributed by atoms with E-state index in [-0.39, 0.29) is 5.91 Å². The highest BCUT2D eigenvalue weighted by Gasteiger charge is 2.13. The topological polar surface area (TPSA) is 61.0 Å². The van der Waals surface area contributed by atoms with E-state index in [1.807, 2.05) is 0 Å². The van der Waals surface area contributed by atoms with Gasteiger partial charge < -0.3 is 15.2 Å². The Kier molecular flexibility index (Phi) is 3.69. The number of para-hydroxylation sites is 1. The van der Waals surface area contributed by atoms with Gasteiger partial charge in [-0.05, 0) is 24.3 Å². The zero-order chi connectivity index (χ0) is 16.6. The molecule has 1 aromatic heterocycles. The van der Waals surface area contributed by atoms with Gasteiger partial charge in [-0.25, -0.2) is 13.8 Å². The van der Waals surface area contributed by atoms with Crippen molar-refractivity contribution < 1.29 is 13.6 Å². The summed E-state index contributed by atoms with van der Waals surface area (Å²) in [4.78, 5) is 20.4. The number of rotatable bonds is 3. The third-order valence-corrected chi connectivity index (χ3v) is 3.42. The van der Waals surface area contributed by atoms with Gasteiger partial charge >= 0.3 is 0 Å². The van der Waals surface area contributed by atoms with Crippen LogP contribution >= 0.6 is 0 Å². The van der Waals surface area contributed by atoms with Crippen molar-refractivity contribution in [1.29, 1.82) is 0 Å². The lowest BCUT2D eigenvalue weighted by atomic mass is 10.2. The normalized spacial score (nSPS) is 10.8. The van der Waals surface area contributed by atoms with Crippen LogP contribution in [0.4, 0.5) is 26.1 Å². The third-order valence-electron chi connectivity index (χ3n) is 3.42. The fraction of sp³-hybridized carbons (Fsp3) is 0.125. The Morgan fingerprint density at radius 2 is 2.00 bits per heavy atom. The Balaban J connectivity index is 2.02. The predicted molar refractivity (Wildman–Crippen MR) is 84.8 cm³/mol. The van der Waals surface area contributed by atoms with Gasteiger partial charge in [-0.2, -0.15) is 0 Å². The number of carbonyl (C=O) groups is 1. The van der Waals surface area contributed by atoms with Gasteiger partial charge in [0.15, 0.2) is 11.6 Å². The van der Waals surface area contributed by atoms with Crippen LogP contribution in [0.25, 0.3) is 11.0 Å². The second-order valence-corrected chi connectivity index (χ2v) is 5.10. The lowest BCUT2D eigenvalue weighted by Gasteiger charge is -2.16. The van der Waals surface area contributed by atoms with Crippen LogP contribution in [0.2, 0.25) is 0 Å². The maximum absolute atomic E-state index is 13.4. The number of halogens is 2. The van der Waals surface area contributed by atoms with E-state index in [2.05, 4.69) is 15.3 Å². The molecule has 0 spiro atoms. The molecule has 0 bridgehead atoms. The summed E-state index contributed by atoms with van der Waals surface area (Å²) in [5.41, 5.74) is 2.37. The molecule has 2 N–H and O–H groups in total. The number of hydrogen-bond acceptors (Lipinski definition) is 3. The molecule has 1 heterocycles. The molecule has 23 heavy (non-hydrogen) atoms. The number of nitrogens with one attached hydrogen (secondary N) is 2. The second kappa shape index (κ2) is 5.68. The molecule has 0 saturated heterocycles. The number of aromatic nitrogens is 2. The molecule has 0 aliphatic heterocycles. The average molecular weight is 316 g/mol. The number of carbonyl (C=O) groups excluding carboxylic acids is 1. The van der Waals surface area contributed by atoms with E-state index in [9.17, 15) is 13.6 Å². The van der Waals surface area contributed by atoms with Crippen LogP contribution in [0.5, 0.6) is 0 Å². The zero-order valence-corrected chi connectivity index (χ0v) is 12.5.